The minimum absolute atomic E-state index is 0.0526. The van der Waals surface area contributed by atoms with Crippen molar-refractivity contribution in [1.29, 1.82) is 5.26 Å². The zero-order chi connectivity index (χ0) is 20.8. The summed E-state index contributed by atoms with van der Waals surface area (Å²) in [5.41, 5.74) is 3.64. The second-order valence-corrected chi connectivity index (χ2v) is 7.50. The summed E-state index contributed by atoms with van der Waals surface area (Å²) in [5, 5.41) is 9.43. The zero-order valence-electron chi connectivity index (χ0n) is 17.1. The van der Waals surface area contributed by atoms with Crippen molar-refractivity contribution in [2.45, 2.75) is 40.3 Å². The van der Waals surface area contributed by atoms with E-state index >= 15 is 0 Å². The molecule has 1 aromatic carbocycles. The Morgan fingerprint density at radius 1 is 1.14 bits per heavy atom. The maximum Gasteiger partial charge on any atom is 0.272 e. The van der Waals surface area contributed by atoms with E-state index in [4.69, 9.17) is 4.74 Å². The molecule has 0 fully saturated rings. The topological polar surface area (TPSA) is 67.9 Å². The number of ether oxygens (including phenoxy) is 1. The number of hydrogen-bond acceptors (Lipinski definition) is 4. The van der Waals surface area contributed by atoms with E-state index in [1.807, 2.05) is 55.5 Å². The summed E-state index contributed by atoms with van der Waals surface area (Å²) in [4.78, 5) is 17.1. The Balaban J connectivity index is 1.72. The lowest BCUT2D eigenvalue weighted by atomic mass is 10.1. The molecule has 0 aliphatic rings. The molecule has 0 N–H and O–H groups in total. The van der Waals surface area contributed by atoms with Crippen LogP contribution >= 0.6 is 0 Å². The first-order chi connectivity index (χ1) is 14.0. The van der Waals surface area contributed by atoms with Crippen LogP contribution < -0.4 is 10.3 Å². The molecule has 0 atom stereocenters. The third-order valence-corrected chi connectivity index (χ3v) is 4.72. The first-order valence-electron chi connectivity index (χ1n) is 9.77. The van der Waals surface area contributed by atoms with Crippen LogP contribution in [-0.4, -0.2) is 9.55 Å². The molecule has 0 spiro atoms. The average molecular weight is 387 g/mol. The predicted molar refractivity (Wildman–Crippen MR) is 114 cm³/mol. The van der Waals surface area contributed by atoms with E-state index in [0.717, 1.165) is 28.9 Å². The van der Waals surface area contributed by atoms with Crippen LogP contribution in [0, 0.1) is 24.2 Å². The van der Waals surface area contributed by atoms with Crippen molar-refractivity contribution in [1.82, 2.24) is 9.55 Å². The highest BCUT2D eigenvalue weighted by molar-refractivity contribution is 5.59. The molecule has 0 radical (unpaired) electrons. The molecule has 3 aromatic rings. The lowest BCUT2D eigenvalue weighted by Crippen LogP contribution is -2.23. The molecular weight excluding hydrogens is 362 g/mol. The number of aryl methyl sites for hydroxylation is 2. The van der Waals surface area contributed by atoms with Crippen LogP contribution in [-0.2, 0) is 13.2 Å². The van der Waals surface area contributed by atoms with Crippen molar-refractivity contribution in [3.63, 3.8) is 0 Å². The number of benzene rings is 1. The van der Waals surface area contributed by atoms with Gasteiger partial charge in [0.1, 0.15) is 18.4 Å². The lowest BCUT2D eigenvalue weighted by molar-refractivity contribution is 0.303. The van der Waals surface area contributed by atoms with Crippen LogP contribution in [0.1, 0.15) is 37.1 Å². The molecule has 2 aromatic heterocycles. The number of hydrogen-bond donors (Lipinski definition) is 0. The van der Waals surface area contributed by atoms with Gasteiger partial charge in [0.15, 0.2) is 5.56 Å². The predicted octanol–water partition coefficient (Wildman–Crippen LogP) is 4.72. The van der Waals surface area contributed by atoms with E-state index in [1.54, 1.807) is 16.8 Å². The minimum Gasteiger partial charge on any atom is -0.487 e. The van der Waals surface area contributed by atoms with Gasteiger partial charge in [-0.15, -0.1) is 0 Å². The fourth-order valence-electron chi connectivity index (χ4n) is 2.99. The van der Waals surface area contributed by atoms with E-state index in [0.29, 0.717) is 18.2 Å². The second-order valence-electron chi connectivity index (χ2n) is 7.50. The molecule has 2 heterocycles. The third-order valence-electron chi connectivity index (χ3n) is 4.72. The Hall–Kier alpha value is -3.39. The standard InChI is InChI=1S/C24H25N3O2/c1-17(2)11-13-27-14-12-23(21(15-25)24(27)28)29-16-19-7-9-20(10-8-19)22-6-4-5-18(3)26-22/h4-10,12,14,17H,11,13,16H2,1-3H3. The molecule has 29 heavy (non-hydrogen) atoms. The van der Waals surface area contributed by atoms with Gasteiger partial charge < -0.3 is 9.30 Å². The van der Waals surface area contributed by atoms with E-state index in [-0.39, 0.29) is 17.7 Å². The molecule has 0 unspecified atom stereocenters. The molecule has 5 heteroatoms. The monoisotopic (exact) mass is 387 g/mol. The number of nitriles is 1. The van der Waals surface area contributed by atoms with E-state index < -0.39 is 0 Å². The van der Waals surface area contributed by atoms with Gasteiger partial charge in [0.2, 0.25) is 0 Å². The van der Waals surface area contributed by atoms with Crippen LogP contribution in [0.2, 0.25) is 0 Å². The van der Waals surface area contributed by atoms with Gasteiger partial charge in [-0.2, -0.15) is 5.26 Å². The van der Waals surface area contributed by atoms with Gasteiger partial charge in [0.25, 0.3) is 5.56 Å². The maximum atomic E-state index is 12.5. The first-order valence-corrected chi connectivity index (χ1v) is 9.77. The largest absolute Gasteiger partial charge is 0.487 e. The van der Waals surface area contributed by atoms with Crippen molar-refractivity contribution in [2.24, 2.45) is 5.92 Å². The van der Waals surface area contributed by atoms with Gasteiger partial charge in [-0.3, -0.25) is 9.78 Å². The molecule has 3 rings (SSSR count). The Bertz CT molecular complexity index is 1080. The van der Waals surface area contributed by atoms with Crippen LogP contribution in [0.3, 0.4) is 0 Å². The smallest absolute Gasteiger partial charge is 0.272 e. The lowest BCUT2D eigenvalue weighted by Gasteiger charge is -2.12. The molecular formula is C24H25N3O2. The van der Waals surface area contributed by atoms with Crippen LogP contribution in [0.15, 0.2) is 59.5 Å². The normalized spacial score (nSPS) is 10.7. The Morgan fingerprint density at radius 2 is 1.90 bits per heavy atom. The van der Waals surface area contributed by atoms with E-state index in [9.17, 15) is 10.1 Å². The molecule has 0 saturated heterocycles. The number of pyridine rings is 2. The van der Waals surface area contributed by atoms with Gasteiger partial charge >= 0.3 is 0 Å². The maximum absolute atomic E-state index is 12.5. The van der Waals surface area contributed by atoms with Gasteiger partial charge in [-0.25, -0.2) is 0 Å². The van der Waals surface area contributed by atoms with Crippen molar-refractivity contribution in [3.05, 3.63) is 81.9 Å². The van der Waals surface area contributed by atoms with E-state index in [2.05, 4.69) is 18.8 Å². The number of aromatic nitrogens is 2. The summed E-state index contributed by atoms with van der Waals surface area (Å²) in [5.74, 6) is 0.809. The summed E-state index contributed by atoms with van der Waals surface area (Å²) in [6, 6.07) is 17.6. The molecule has 0 bridgehead atoms. The summed E-state index contributed by atoms with van der Waals surface area (Å²) < 4.78 is 7.37. The Morgan fingerprint density at radius 3 is 2.55 bits per heavy atom. The Labute approximate surface area is 171 Å². The van der Waals surface area contributed by atoms with Crippen molar-refractivity contribution < 1.29 is 4.74 Å². The highest BCUT2D eigenvalue weighted by Gasteiger charge is 2.12. The van der Waals surface area contributed by atoms with Gasteiger partial charge in [-0.1, -0.05) is 44.2 Å². The number of rotatable bonds is 7. The molecule has 0 aliphatic carbocycles. The van der Waals surface area contributed by atoms with Gasteiger partial charge in [-0.05, 0) is 43.0 Å². The number of nitrogens with zero attached hydrogens (tertiary/aromatic N) is 3. The van der Waals surface area contributed by atoms with Gasteiger partial charge in [0.05, 0.1) is 5.69 Å². The van der Waals surface area contributed by atoms with E-state index in [1.165, 1.54) is 0 Å². The average Bonchev–Trinajstić information content (AvgIpc) is 2.72. The minimum atomic E-state index is -0.300. The molecule has 0 aliphatic heterocycles. The molecule has 0 saturated carbocycles. The fraction of sp³-hybridized carbons (Fsp3) is 0.292. The van der Waals surface area contributed by atoms with Crippen molar-refractivity contribution in [2.75, 3.05) is 0 Å². The highest BCUT2D eigenvalue weighted by Crippen LogP contribution is 2.20. The quantitative estimate of drug-likeness (QED) is 0.588. The molecule has 5 nitrogen and oxygen atoms in total. The third kappa shape index (κ3) is 5.11. The molecule has 148 valence electrons. The summed E-state index contributed by atoms with van der Waals surface area (Å²) in [6.07, 6.45) is 2.58. The fourth-order valence-corrected chi connectivity index (χ4v) is 2.99. The second kappa shape index (κ2) is 9.20. The van der Waals surface area contributed by atoms with Crippen LogP contribution in [0.5, 0.6) is 5.75 Å². The Kier molecular flexibility index (Phi) is 6.46. The van der Waals surface area contributed by atoms with Gasteiger partial charge in [0, 0.05) is 24.0 Å². The van der Waals surface area contributed by atoms with Crippen molar-refractivity contribution in [3.8, 4) is 23.1 Å². The van der Waals surface area contributed by atoms with Crippen molar-refractivity contribution >= 4 is 0 Å². The summed E-state index contributed by atoms with van der Waals surface area (Å²) in [6.45, 7) is 7.06. The SMILES string of the molecule is Cc1cccc(-c2ccc(COc3ccn(CCC(C)C)c(=O)c3C#N)cc2)n1. The summed E-state index contributed by atoms with van der Waals surface area (Å²) in [7, 11) is 0. The molecule has 0 amide bonds. The summed E-state index contributed by atoms with van der Waals surface area (Å²) >= 11 is 0. The van der Waals surface area contributed by atoms with Crippen LogP contribution in [0.25, 0.3) is 11.3 Å². The van der Waals surface area contributed by atoms with Crippen LogP contribution in [0.4, 0.5) is 0 Å². The highest BCUT2D eigenvalue weighted by atomic mass is 16.5. The first kappa shape index (κ1) is 20.3. The zero-order valence-corrected chi connectivity index (χ0v) is 17.1.